The van der Waals surface area contributed by atoms with E-state index < -0.39 is 11.9 Å². The maximum atomic E-state index is 12.4. The second kappa shape index (κ2) is 6.28. The molecule has 5 heteroatoms. The first-order chi connectivity index (χ1) is 11.0. The number of anilines is 1. The molecule has 2 unspecified atom stereocenters. The highest BCUT2D eigenvalue weighted by Crippen LogP contribution is 2.23. The van der Waals surface area contributed by atoms with Crippen LogP contribution in [0.5, 0.6) is 0 Å². The van der Waals surface area contributed by atoms with Crippen molar-refractivity contribution in [1.82, 2.24) is 4.90 Å². The van der Waals surface area contributed by atoms with Crippen molar-refractivity contribution in [2.75, 3.05) is 18.4 Å². The summed E-state index contributed by atoms with van der Waals surface area (Å²) in [5.74, 6) is -1.13. The van der Waals surface area contributed by atoms with Gasteiger partial charge in [-0.15, -0.1) is 0 Å². The molecule has 1 saturated heterocycles. The number of rotatable bonds is 2. The number of carbonyl (C=O) groups is 2. The number of hydrogen-bond donors (Lipinski definition) is 2. The molecule has 2 N–H and O–H groups in total. The van der Waals surface area contributed by atoms with E-state index >= 15 is 0 Å². The van der Waals surface area contributed by atoms with Crippen molar-refractivity contribution in [1.29, 1.82) is 0 Å². The molecule has 1 fully saturated rings. The average molecular weight is 312 g/mol. The van der Waals surface area contributed by atoms with Crippen LogP contribution in [0.1, 0.15) is 13.3 Å². The quantitative estimate of drug-likeness (QED) is 0.892. The van der Waals surface area contributed by atoms with Gasteiger partial charge in [0, 0.05) is 18.8 Å². The van der Waals surface area contributed by atoms with Gasteiger partial charge in [0.2, 0.25) is 0 Å². The van der Waals surface area contributed by atoms with Crippen molar-refractivity contribution in [3.05, 3.63) is 42.5 Å². The Morgan fingerprint density at radius 1 is 1.13 bits per heavy atom. The highest BCUT2D eigenvalue weighted by molar-refractivity contribution is 5.93. The number of nitrogens with zero attached hydrogens (tertiary/aromatic N) is 1. The molecular formula is C18H20N2O3. The minimum absolute atomic E-state index is 0.187. The third-order valence-electron chi connectivity index (χ3n) is 4.30. The van der Waals surface area contributed by atoms with Gasteiger partial charge in [0.1, 0.15) is 0 Å². The number of likely N-dealkylation sites (tertiary alicyclic amines) is 1. The monoisotopic (exact) mass is 312 g/mol. The molecule has 5 nitrogen and oxygen atoms in total. The largest absolute Gasteiger partial charge is 0.481 e. The van der Waals surface area contributed by atoms with Crippen LogP contribution in [-0.2, 0) is 4.79 Å². The third-order valence-corrected chi connectivity index (χ3v) is 4.30. The summed E-state index contributed by atoms with van der Waals surface area (Å²) < 4.78 is 0. The predicted octanol–water partition coefficient (Wildman–Crippen LogP) is 3.41. The molecule has 2 amide bonds. The lowest BCUT2D eigenvalue weighted by atomic mass is 9.91. The van der Waals surface area contributed by atoms with E-state index in [1.165, 1.54) is 0 Å². The summed E-state index contributed by atoms with van der Waals surface area (Å²) in [6, 6.07) is 13.5. The zero-order valence-electron chi connectivity index (χ0n) is 13.0. The Morgan fingerprint density at radius 2 is 1.87 bits per heavy atom. The lowest BCUT2D eigenvalue weighted by Crippen LogP contribution is -2.47. The van der Waals surface area contributed by atoms with Crippen LogP contribution in [0.25, 0.3) is 10.8 Å². The standard InChI is InChI=1S/C18H20N2O3/c1-12-8-15(17(21)22)11-20(10-12)18(23)19-16-7-6-13-4-2-3-5-14(13)9-16/h2-7,9,12,15H,8,10-11H2,1H3,(H,19,23)(H,21,22). The summed E-state index contributed by atoms with van der Waals surface area (Å²) in [6.07, 6.45) is 0.620. The van der Waals surface area contributed by atoms with Crippen LogP contribution in [0.4, 0.5) is 10.5 Å². The number of aliphatic carboxylic acids is 1. The molecule has 23 heavy (non-hydrogen) atoms. The van der Waals surface area contributed by atoms with Gasteiger partial charge in [0.15, 0.2) is 0 Å². The second-order valence-corrected chi connectivity index (χ2v) is 6.27. The van der Waals surface area contributed by atoms with Crippen LogP contribution in [0, 0.1) is 11.8 Å². The van der Waals surface area contributed by atoms with Gasteiger partial charge in [-0.05, 0) is 35.2 Å². The van der Waals surface area contributed by atoms with E-state index in [1.807, 2.05) is 49.4 Å². The number of hydrogen-bond acceptors (Lipinski definition) is 2. The number of piperidine rings is 1. The number of amides is 2. The first-order valence-electron chi connectivity index (χ1n) is 7.80. The summed E-state index contributed by atoms with van der Waals surface area (Å²) in [5.41, 5.74) is 0.721. The molecule has 0 radical (unpaired) electrons. The summed E-state index contributed by atoms with van der Waals surface area (Å²) in [6.45, 7) is 2.83. The number of carboxylic acids is 1. The van der Waals surface area contributed by atoms with Gasteiger partial charge < -0.3 is 15.3 Å². The maximum absolute atomic E-state index is 12.4. The topological polar surface area (TPSA) is 69.6 Å². The van der Waals surface area contributed by atoms with Crippen LogP contribution in [0.3, 0.4) is 0 Å². The van der Waals surface area contributed by atoms with Gasteiger partial charge in [-0.25, -0.2) is 4.79 Å². The molecule has 0 saturated carbocycles. The van der Waals surface area contributed by atoms with E-state index in [-0.39, 0.29) is 18.5 Å². The Bertz CT molecular complexity index is 744. The molecule has 120 valence electrons. The van der Waals surface area contributed by atoms with Crippen LogP contribution in [0.2, 0.25) is 0 Å². The number of nitrogens with one attached hydrogen (secondary N) is 1. The number of carboxylic acid groups (broad SMARTS) is 1. The lowest BCUT2D eigenvalue weighted by Gasteiger charge is -2.34. The summed E-state index contributed by atoms with van der Waals surface area (Å²) in [7, 11) is 0. The summed E-state index contributed by atoms with van der Waals surface area (Å²) in [5, 5.41) is 14.3. The van der Waals surface area contributed by atoms with E-state index in [0.717, 1.165) is 16.5 Å². The van der Waals surface area contributed by atoms with Crippen molar-refractivity contribution in [2.24, 2.45) is 11.8 Å². The van der Waals surface area contributed by atoms with Gasteiger partial charge in [-0.2, -0.15) is 0 Å². The van der Waals surface area contributed by atoms with E-state index in [9.17, 15) is 14.7 Å². The Morgan fingerprint density at radius 3 is 2.61 bits per heavy atom. The van der Waals surface area contributed by atoms with E-state index in [2.05, 4.69) is 5.32 Å². The van der Waals surface area contributed by atoms with E-state index in [4.69, 9.17) is 0 Å². The van der Waals surface area contributed by atoms with Crippen LogP contribution < -0.4 is 5.32 Å². The van der Waals surface area contributed by atoms with Crippen molar-refractivity contribution >= 4 is 28.5 Å². The van der Waals surface area contributed by atoms with Gasteiger partial charge in [-0.1, -0.05) is 37.3 Å². The number of fused-ring (bicyclic) bond motifs is 1. The minimum atomic E-state index is -0.833. The number of urea groups is 1. The Balaban J connectivity index is 1.73. The number of carbonyl (C=O) groups excluding carboxylic acids is 1. The first-order valence-corrected chi connectivity index (χ1v) is 7.80. The van der Waals surface area contributed by atoms with Crippen molar-refractivity contribution in [2.45, 2.75) is 13.3 Å². The molecule has 1 aliphatic heterocycles. The van der Waals surface area contributed by atoms with Crippen LogP contribution in [0.15, 0.2) is 42.5 Å². The molecule has 0 aromatic heterocycles. The molecule has 2 aromatic rings. The summed E-state index contributed by atoms with van der Waals surface area (Å²) >= 11 is 0. The van der Waals surface area contributed by atoms with Gasteiger partial charge in [0.25, 0.3) is 0 Å². The highest BCUT2D eigenvalue weighted by Gasteiger charge is 2.31. The second-order valence-electron chi connectivity index (χ2n) is 6.27. The van der Waals surface area contributed by atoms with Crippen LogP contribution >= 0.6 is 0 Å². The Labute approximate surface area is 134 Å². The molecular weight excluding hydrogens is 292 g/mol. The normalized spacial score (nSPS) is 21.2. The van der Waals surface area contributed by atoms with Gasteiger partial charge in [0.05, 0.1) is 5.92 Å². The smallest absolute Gasteiger partial charge is 0.321 e. The molecule has 1 aliphatic rings. The molecule has 2 atom stereocenters. The molecule has 0 bridgehead atoms. The molecule has 0 aliphatic carbocycles. The number of benzene rings is 2. The zero-order valence-corrected chi connectivity index (χ0v) is 13.0. The fraction of sp³-hybridized carbons (Fsp3) is 0.333. The molecule has 2 aromatic carbocycles. The average Bonchev–Trinajstić information content (AvgIpc) is 2.54. The first kappa shape index (κ1) is 15.3. The van der Waals surface area contributed by atoms with Gasteiger partial charge in [-0.3, -0.25) is 4.79 Å². The predicted molar refractivity (Wildman–Crippen MR) is 89.4 cm³/mol. The van der Waals surface area contributed by atoms with E-state index in [0.29, 0.717) is 13.0 Å². The molecule has 3 rings (SSSR count). The Kier molecular flexibility index (Phi) is 4.19. The Hall–Kier alpha value is -2.56. The van der Waals surface area contributed by atoms with Crippen LogP contribution in [-0.4, -0.2) is 35.1 Å². The fourth-order valence-electron chi connectivity index (χ4n) is 3.17. The van der Waals surface area contributed by atoms with Crippen molar-refractivity contribution in [3.63, 3.8) is 0 Å². The zero-order chi connectivity index (χ0) is 16.4. The fourth-order valence-corrected chi connectivity index (χ4v) is 3.17. The highest BCUT2D eigenvalue weighted by atomic mass is 16.4. The lowest BCUT2D eigenvalue weighted by molar-refractivity contribution is -0.143. The maximum Gasteiger partial charge on any atom is 0.321 e. The third kappa shape index (κ3) is 3.44. The minimum Gasteiger partial charge on any atom is -0.481 e. The van der Waals surface area contributed by atoms with Crippen molar-refractivity contribution < 1.29 is 14.7 Å². The van der Waals surface area contributed by atoms with Gasteiger partial charge >= 0.3 is 12.0 Å². The molecule has 1 heterocycles. The summed E-state index contributed by atoms with van der Waals surface area (Å²) in [4.78, 5) is 25.3. The van der Waals surface area contributed by atoms with E-state index in [1.54, 1.807) is 4.90 Å². The molecule has 0 spiro atoms. The SMILES string of the molecule is CC1CC(C(=O)O)CN(C(=O)Nc2ccc3ccccc3c2)C1. The van der Waals surface area contributed by atoms with Crippen molar-refractivity contribution in [3.8, 4) is 0 Å².